The van der Waals surface area contributed by atoms with Gasteiger partial charge in [0.25, 0.3) is 0 Å². The summed E-state index contributed by atoms with van der Waals surface area (Å²) in [6, 6.07) is 0. The van der Waals surface area contributed by atoms with Crippen molar-refractivity contribution in [3.63, 3.8) is 0 Å². The predicted molar refractivity (Wildman–Crippen MR) is 82.4 cm³/mol. The highest BCUT2D eigenvalue weighted by Gasteiger charge is 2.09. The minimum absolute atomic E-state index is 0.104. The largest absolute Gasteiger partial charge is 0.382 e. The average Bonchev–Trinajstić information content (AvgIpc) is 2.96. The number of rotatable bonds is 4. The molecule has 3 heterocycles. The smallest absolute Gasteiger partial charge is 0.307 e. The standard InChI is InChI=1S/C13H16N6OS/c1-8-9(2)21-13(20)19(8)5-3-4-18-7-17-10-11(14)15-6-16-12(10)18/h6-7H,3-5H2,1-2H3,(H2,14,15,16). The second-order valence-corrected chi connectivity index (χ2v) is 6.05. The van der Waals surface area contributed by atoms with Crippen molar-refractivity contribution in [3.8, 4) is 0 Å². The van der Waals surface area contributed by atoms with Crippen molar-refractivity contribution in [2.45, 2.75) is 33.4 Å². The minimum Gasteiger partial charge on any atom is -0.382 e. The van der Waals surface area contributed by atoms with Crippen LogP contribution in [0.3, 0.4) is 0 Å². The lowest BCUT2D eigenvalue weighted by molar-refractivity contribution is 0.556. The molecule has 0 aliphatic carbocycles. The van der Waals surface area contributed by atoms with Crippen LogP contribution in [0.4, 0.5) is 5.82 Å². The van der Waals surface area contributed by atoms with Gasteiger partial charge >= 0.3 is 4.87 Å². The third-order valence-electron chi connectivity index (χ3n) is 3.59. The fourth-order valence-electron chi connectivity index (χ4n) is 2.31. The topological polar surface area (TPSA) is 91.6 Å². The minimum atomic E-state index is 0.104. The van der Waals surface area contributed by atoms with Crippen molar-refractivity contribution < 1.29 is 0 Å². The van der Waals surface area contributed by atoms with Crippen LogP contribution in [0.5, 0.6) is 0 Å². The van der Waals surface area contributed by atoms with Crippen LogP contribution in [0, 0.1) is 13.8 Å². The van der Waals surface area contributed by atoms with E-state index in [4.69, 9.17) is 5.73 Å². The average molecular weight is 304 g/mol. The van der Waals surface area contributed by atoms with Crippen LogP contribution in [0.1, 0.15) is 17.0 Å². The Labute approximate surface area is 125 Å². The maximum absolute atomic E-state index is 11.8. The van der Waals surface area contributed by atoms with Gasteiger partial charge in [-0.15, -0.1) is 0 Å². The molecule has 0 aliphatic rings. The second kappa shape index (κ2) is 5.28. The van der Waals surface area contributed by atoms with Crippen LogP contribution in [0.15, 0.2) is 17.4 Å². The van der Waals surface area contributed by atoms with Gasteiger partial charge in [-0.3, -0.25) is 4.79 Å². The van der Waals surface area contributed by atoms with E-state index in [0.717, 1.165) is 29.2 Å². The Kier molecular flexibility index (Phi) is 3.46. The molecular formula is C13H16N6OS. The number of hydrogen-bond acceptors (Lipinski definition) is 6. The maximum atomic E-state index is 11.8. The van der Waals surface area contributed by atoms with Gasteiger partial charge in [-0.1, -0.05) is 11.3 Å². The molecule has 3 rings (SSSR count). The second-order valence-electron chi connectivity index (χ2n) is 4.88. The molecule has 21 heavy (non-hydrogen) atoms. The van der Waals surface area contributed by atoms with Crippen LogP contribution >= 0.6 is 11.3 Å². The van der Waals surface area contributed by atoms with E-state index < -0.39 is 0 Å². The molecule has 0 saturated heterocycles. The fourth-order valence-corrected chi connectivity index (χ4v) is 3.17. The van der Waals surface area contributed by atoms with Gasteiger partial charge in [-0.25, -0.2) is 15.0 Å². The highest BCUT2D eigenvalue weighted by Crippen LogP contribution is 2.15. The van der Waals surface area contributed by atoms with Crippen LogP contribution in [0.2, 0.25) is 0 Å². The zero-order valence-electron chi connectivity index (χ0n) is 11.9. The quantitative estimate of drug-likeness (QED) is 0.785. The van der Waals surface area contributed by atoms with Crippen molar-refractivity contribution in [1.29, 1.82) is 0 Å². The van der Waals surface area contributed by atoms with Crippen molar-refractivity contribution in [2.75, 3.05) is 5.73 Å². The number of anilines is 1. The Hall–Kier alpha value is -2.22. The van der Waals surface area contributed by atoms with Gasteiger partial charge in [-0.05, 0) is 20.3 Å². The summed E-state index contributed by atoms with van der Waals surface area (Å²) < 4.78 is 3.76. The molecule has 110 valence electrons. The normalized spacial score (nSPS) is 11.3. The molecule has 0 radical (unpaired) electrons. The summed E-state index contributed by atoms with van der Waals surface area (Å²) in [7, 11) is 0. The lowest BCUT2D eigenvalue weighted by Crippen LogP contribution is -2.16. The van der Waals surface area contributed by atoms with Crippen LogP contribution in [-0.2, 0) is 13.1 Å². The molecule has 0 aromatic carbocycles. The number of nitrogens with zero attached hydrogens (tertiary/aromatic N) is 5. The lowest BCUT2D eigenvalue weighted by Gasteiger charge is -2.06. The Morgan fingerprint density at radius 2 is 2.05 bits per heavy atom. The number of nitrogens with two attached hydrogens (primary N) is 1. The molecule has 3 aromatic rings. The van der Waals surface area contributed by atoms with Gasteiger partial charge in [-0.2, -0.15) is 0 Å². The monoisotopic (exact) mass is 304 g/mol. The van der Waals surface area contributed by atoms with E-state index in [1.54, 1.807) is 6.33 Å². The SMILES string of the molecule is Cc1sc(=O)n(CCCn2cnc3c(N)ncnc32)c1C. The number of aromatic nitrogens is 5. The Morgan fingerprint density at radius 3 is 2.76 bits per heavy atom. The Balaban J connectivity index is 1.75. The first-order chi connectivity index (χ1) is 10.1. The molecule has 2 N–H and O–H groups in total. The number of aryl methyl sites for hydroxylation is 2. The van der Waals surface area contributed by atoms with Gasteiger partial charge in [0, 0.05) is 23.7 Å². The summed E-state index contributed by atoms with van der Waals surface area (Å²) in [6.07, 6.45) is 3.98. The Morgan fingerprint density at radius 1 is 1.24 bits per heavy atom. The van der Waals surface area contributed by atoms with Crippen LogP contribution < -0.4 is 10.6 Å². The number of thiazole rings is 1. The summed E-state index contributed by atoms with van der Waals surface area (Å²) in [6.45, 7) is 5.37. The third-order valence-corrected chi connectivity index (χ3v) is 4.58. The molecule has 0 fully saturated rings. The zero-order valence-corrected chi connectivity index (χ0v) is 12.7. The lowest BCUT2D eigenvalue weighted by atomic mass is 10.3. The van der Waals surface area contributed by atoms with E-state index >= 15 is 0 Å². The van der Waals surface area contributed by atoms with E-state index in [9.17, 15) is 4.79 Å². The summed E-state index contributed by atoms with van der Waals surface area (Å²) in [4.78, 5) is 25.4. The molecule has 3 aromatic heterocycles. The van der Waals surface area contributed by atoms with Crippen molar-refractivity contribution in [2.24, 2.45) is 0 Å². The molecule has 8 heteroatoms. The van der Waals surface area contributed by atoms with E-state index in [1.165, 1.54) is 17.7 Å². The van der Waals surface area contributed by atoms with E-state index in [0.29, 0.717) is 17.9 Å². The maximum Gasteiger partial charge on any atom is 0.307 e. The summed E-state index contributed by atoms with van der Waals surface area (Å²) in [5, 5.41) is 0. The first kappa shape index (κ1) is 13.7. The van der Waals surface area contributed by atoms with E-state index in [2.05, 4.69) is 15.0 Å². The zero-order chi connectivity index (χ0) is 15.0. The molecule has 0 bridgehead atoms. The predicted octanol–water partition coefficient (Wildman–Crippen LogP) is 1.34. The molecule has 0 spiro atoms. The number of nitrogen functional groups attached to an aromatic ring is 1. The number of imidazole rings is 1. The molecular weight excluding hydrogens is 288 g/mol. The van der Waals surface area contributed by atoms with Gasteiger partial charge in [0.1, 0.15) is 11.8 Å². The van der Waals surface area contributed by atoms with Crippen molar-refractivity contribution in [3.05, 3.63) is 32.9 Å². The van der Waals surface area contributed by atoms with E-state index in [1.807, 2.05) is 23.0 Å². The number of hydrogen-bond donors (Lipinski definition) is 1. The first-order valence-electron chi connectivity index (χ1n) is 6.66. The molecule has 0 aliphatic heterocycles. The first-order valence-corrected chi connectivity index (χ1v) is 7.47. The molecule has 0 atom stereocenters. The van der Waals surface area contributed by atoms with Crippen LogP contribution in [-0.4, -0.2) is 24.1 Å². The molecule has 0 amide bonds. The van der Waals surface area contributed by atoms with Gasteiger partial charge in [0.05, 0.1) is 6.33 Å². The van der Waals surface area contributed by atoms with Crippen LogP contribution in [0.25, 0.3) is 11.2 Å². The summed E-state index contributed by atoms with van der Waals surface area (Å²) >= 11 is 1.30. The van der Waals surface area contributed by atoms with Gasteiger partial charge in [0.2, 0.25) is 0 Å². The Bertz CT molecular complexity index is 846. The molecule has 0 saturated carbocycles. The summed E-state index contributed by atoms with van der Waals surface area (Å²) in [5.74, 6) is 0.388. The fraction of sp³-hybridized carbons (Fsp3) is 0.385. The summed E-state index contributed by atoms with van der Waals surface area (Å²) in [5.41, 5.74) is 8.16. The highest BCUT2D eigenvalue weighted by atomic mass is 32.1. The van der Waals surface area contributed by atoms with Gasteiger partial charge < -0.3 is 14.9 Å². The third kappa shape index (κ3) is 2.42. The molecule has 7 nitrogen and oxygen atoms in total. The van der Waals surface area contributed by atoms with E-state index in [-0.39, 0.29) is 4.87 Å². The number of fused-ring (bicyclic) bond motifs is 1. The van der Waals surface area contributed by atoms with Crippen molar-refractivity contribution >= 4 is 28.3 Å². The molecule has 0 unspecified atom stereocenters. The highest BCUT2D eigenvalue weighted by molar-refractivity contribution is 7.09. The van der Waals surface area contributed by atoms with Gasteiger partial charge in [0.15, 0.2) is 11.5 Å². The van der Waals surface area contributed by atoms with Crippen molar-refractivity contribution in [1.82, 2.24) is 24.1 Å².